The van der Waals surface area contributed by atoms with E-state index in [0.29, 0.717) is 23.1 Å². The summed E-state index contributed by atoms with van der Waals surface area (Å²) in [4.78, 5) is 12.2. The van der Waals surface area contributed by atoms with Crippen LogP contribution in [0.25, 0.3) is 22.3 Å². The fourth-order valence-electron chi connectivity index (χ4n) is 2.78. The Morgan fingerprint density at radius 3 is 2.67 bits per heavy atom. The third kappa shape index (κ3) is 6.16. The summed E-state index contributed by atoms with van der Waals surface area (Å²) in [6, 6.07) is 6.24. The minimum absolute atomic E-state index is 0.0996. The predicted octanol–water partition coefficient (Wildman–Crippen LogP) is 5.43. The van der Waals surface area contributed by atoms with E-state index in [0.717, 1.165) is 16.9 Å². The van der Waals surface area contributed by atoms with Crippen LogP contribution in [-0.2, 0) is 11.5 Å². The van der Waals surface area contributed by atoms with E-state index >= 15 is 0 Å². The molecule has 3 aromatic rings. The average Bonchev–Trinajstić information content (AvgIpc) is 3.00. The van der Waals surface area contributed by atoms with Crippen molar-refractivity contribution in [1.82, 2.24) is 19.5 Å². The van der Waals surface area contributed by atoms with Crippen LogP contribution in [0.15, 0.2) is 30.6 Å². The SMILES string of the molecule is C[Si](C)(C)CCOCn1c(-c2ccnc(NCC(F)(F)F)n2)cc2cnc(Cl)cc21. The summed E-state index contributed by atoms with van der Waals surface area (Å²) in [5, 5.41) is 3.37. The standard InChI is InChI=1S/C19H23ClF3N5OSi/c1-30(2,3)7-6-29-12-28-15-9-17(20)25-10-13(15)8-16(28)14-4-5-24-18(27-14)26-11-19(21,22)23/h4-5,8-10H,6-7,11-12H2,1-3H3,(H,24,26,27). The molecule has 0 saturated heterocycles. The molecule has 162 valence electrons. The van der Waals surface area contributed by atoms with Gasteiger partial charge in [-0.1, -0.05) is 31.2 Å². The highest BCUT2D eigenvalue weighted by Crippen LogP contribution is 2.29. The molecule has 0 amide bonds. The number of halogens is 4. The van der Waals surface area contributed by atoms with Crippen molar-refractivity contribution >= 4 is 36.5 Å². The highest BCUT2D eigenvalue weighted by atomic mass is 35.5. The first-order chi connectivity index (χ1) is 14.0. The predicted molar refractivity (Wildman–Crippen MR) is 114 cm³/mol. The lowest BCUT2D eigenvalue weighted by molar-refractivity contribution is -0.115. The molecule has 0 spiro atoms. The number of nitrogens with zero attached hydrogens (tertiary/aromatic N) is 4. The quantitative estimate of drug-likeness (QED) is 0.277. The molecule has 1 N–H and O–H groups in total. The molecule has 0 aliphatic rings. The van der Waals surface area contributed by atoms with Crippen molar-refractivity contribution in [1.29, 1.82) is 0 Å². The van der Waals surface area contributed by atoms with Crippen LogP contribution in [-0.4, -0.2) is 46.9 Å². The molecule has 0 aliphatic carbocycles. The van der Waals surface area contributed by atoms with Crippen molar-refractivity contribution in [3.05, 3.63) is 35.7 Å². The van der Waals surface area contributed by atoms with Gasteiger partial charge in [0, 0.05) is 32.5 Å². The summed E-state index contributed by atoms with van der Waals surface area (Å²) in [5.41, 5.74) is 1.96. The van der Waals surface area contributed by atoms with Gasteiger partial charge in [0.2, 0.25) is 5.95 Å². The highest BCUT2D eigenvalue weighted by molar-refractivity contribution is 6.76. The van der Waals surface area contributed by atoms with Gasteiger partial charge in [0.1, 0.15) is 18.4 Å². The molecule has 0 radical (unpaired) electrons. The van der Waals surface area contributed by atoms with E-state index in [-0.39, 0.29) is 12.7 Å². The maximum absolute atomic E-state index is 12.5. The molecule has 0 saturated carbocycles. The zero-order valence-corrected chi connectivity index (χ0v) is 18.7. The first-order valence-electron chi connectivity index (χ1n) is 9.38. The molecule has 0 bridgehead atoms. The lowest BCUT2D eigenvalue weighted by Crippen LogP contribution is -2.22. The van der Waals surface area contributed by atoms with Crippen LogP contribution < -0.4 is 5.32 Å². The summed E-state index contributed by atoms with van der Waals surface area (Å²) in [6.07, 6.45) is -1.30. The number of ether oxygens (including phenoxy) is 1. The van der Waals surface area contributed by atoms with Gasteiger partial charge in [-0.05, 0) is 24.2 Å². The van der Waals surface area contributed by atoms with Crippen molar-refractivity contribution in [3.8, 4) is 11.4 Å². The van der Waals surface area contributed by atoms with E-state index in [1.165, 1.54) is 6.20 Å². The lowest BCUT2D eigenvalue weighted by Gasteiger charge is -2.17. The Morgan fingerprint density at radius 1 is 1.20 bits per heavy atom. The van der Waals surface area contributed by atoms with E-state index in [1.807, 2.05) is 10.6 Å². The van der Waals surface area contributed by atoms with Gasteiger partial charge in [-0.15, -0.1) is 0 Å². The van der Waals surface area contributed by atoms with Crippen molar-refractivity contribution in [2.24, 2.45) is 0 Å². The molecule has 0 unspecified atom stereocenters. The maximum Gasteiger partial charge on any atom is 0.405 e. The molecular weight excluding hydrogens is 435 g/mol. The lowest BCUT2D eigenvalue weighted by atomic mass is 10.3. The molecule has 0 aromatic carbocycles. The second kappa shape index (κ2) is 8.91. The summed E-state index contributed by atoms with van der Waals surface area (Å²) >= 11 is 6.07. The molecule has 11 heteroatoms. The van der Waals surface area contributed by atoms with E-state index in [2.05, 4.69) is 39.9 Å². The number of anilines is 1. The molecule has 0 fully saturated rings. The summed E-state index contributed by atoms with van der Waals surface area (Å²) in [7, 11) is -1.24. The topological polar surface area (TPSA) is 64.9 Å². The van der Waals surface area contributed by atoms with Crippen molar-refractivity contribution in [2.45, 2.75) is 38.6 Å². The van der Waals surface area contributed by atoms with Gasteiger partial charge >= 0.3 is 6.18 Å². The van der Waals surface area contributed by atoms with Gasteiger partial charge in [0.15, 0.2) is 0 Å². The zero-order chi connectivity index (χ0) is 21.9. The van der Waals surface area contributed by atoms with Gasteiger partial charge in [0.05, 0.1) is 16.9 Å². The van der Waals surface area contributed by atoms with Crippen LogP contribution in [0.3, 0.4) is 0 Å². The monoisotopic (exact) mass is 457 g/mol. The molecule has 3 heterocycles. The van der Waals surface area contributed by atoms with Crippen LogP contribution in [0.5, 0.6) is 0 Å². The van der Waals surface area contributed by atoms with Crippen molar-refractivity contribution < 1.29 is 17.9 Å². The number of hydrogen-bond donors (Lipinski definition) is 1. The second-order valence-corrected chi connectivity index (χ2v) is 14.1. The van der Waals surface area contributed by atoms with E-state index in [1.54, 1.807) is 18.3 Å². The van der Waals surface area contributed by atoms with Crippen molar-refractivity contribution in [3.63, 3.8) is 0 Å². The number of hydrogen-bond acceptors (Lipinski definition) is 5. The first kappa shape index (κ1) is 22.5. The van der Waals surface area contributed by atoms with Gasteiger partial charge < -0.3 is 14.6 Å². The molecule has 30 heavy (non-hydrogen) atoms. The molecule has 0 atom stereocenters. The minimum Gasteiger partial charge on any atom is -0.361 e. The number of alkyl halides is 3. The van der Waals surface area contributed by atoms with E-state index < -0.39 is 20.8 Å². The van der Waals surface area contributed by atoms with E-state index in [4.69, 9.17) is 16.3 Å². The average molecular weight is 458 g/mol. The Hall–Kier alpha value is -2.17. The number of rotatable bonds is 8. The molecule has 3 aromatic heterocycles. The van der Waals surface area contributed by atoms with Crippen molar-refractivity contribution in [2.75, 3.05) is 18.5 Å². The third-order valence-electron chi connectivity index (χ3n) is 4.33. The minimum atomic E-state index is -4.36. The van der Waals surface area contributed by atoms with Crippen LogP contribution >= 0.6 is 11.6 Å². The Kier molecular flexibility index (Phi) is 6.68. The van der Waals surface area contributed by atoms with Gasteiger partial charge in [-0.2, -0.15) is 13.2 Å². The Balaban J connectivity index is 1.91. The fourth-order valence-corrected chi connectivity index (χ4v) is 3.69. The number of aromatic nitrogens is 4. The first-order valence-corrected chi connectivity index (χ1v) is 13.5. The second-order valence-electron chi connectivity index (χ2n) is 8.11. The maximum atomic E-state index is 12.5. The Labute approximate surface area is 178 Å². The zero-order valence-electron chi connectivity index (χ0n) is 16.9. The van der Waals surface area contributed by atoms with Gasteiger partial charge in [-0.25, -0.2) is 15.0 Å². The molecular formula is C19H23ClF3N5OSi. The summed E-state index contributed by atoms with van der Waals surface area (Å²) < 4.78 is 45.3. The van der Waals surface area contributed by atoms with Crippen LogP contribution in [0, 0.1) is 0 Å². The van der Waals surface area contributed by atoms with E-state index in [9.17, 15) is 13.2 Å². The van der Waals surface area contributed by atoms with Gasteiger partial charge in [-0.3, -0.25) is 0 Å². The van der Waals surface area contributed by atoms with Gasteiger partial charge in [0.25, 0.3) is 0 Å². The fraction of sp³-hybridized carbons (Fsp3) is 0.421. The molecule has 0 aliphatic heterocycles. The third-order valence-corrected chi connectivity index (χ3v) is 6.24. The Morgan fingerprint density at radius 2 is 1.97 bits per heavy atom. The highest BCUT2D eigenvalue weighted by Gasteiger charge is 2.27. The molecule has 3 rings (SSSR count). The molecule has 6 nitrogen and oxygen atoms in total. The number of fused-ring (bicyclic) bond motifs is 1. The summed E-state index contributed by atoms with van der Waals surface area (Å²) in [5.74, 6) is -0.0996. The van der Waals surface area contributed by atoms with Crippen LogP contribution in [0.2, 0.25) is 30.8 Å². The normalized spacial score (nSPS) is 12.5. The largest absolute Gasteiger partial charge is 0.405 e. The number of pyridine rings is 1. The van der Waals surface area contributed by atoms with Crippen LogP contribution in [0.4, 0.5) is 19.1 Å². The number of nitrogens with one attached hydrogen (secondary N) is 1. The summed E-state index contributed by atoms with van der Waals surface area (Å²) in [6.45, 7) is 6.49. The van der Waals surface area contributed by atoms with Crippen LogP contribution in [0.1, 0.15) is 0 Å². The smallest absolute Gasteiger partial charge is 0.361 e. The Bertz CT molecular complexity index is 1020.